The third-order valence-corrected chi connectivity index (χ3v) is 1.78. The van der Waals surface area contributed by atoms with Gasteiger partial charge >= 0.3 is 18.2 Å². The maximum absolute atomic E-state index is 12.6. The molecule has 1 amide bonds. The molecule has 0 aliphatic carbocycles. The molecule has 0 saturated carbocycles. The van der Waals surface area contributed by atoms with Gasteiger partial charge in [0.2, 0.25) is 0 Å². The molecule has 2 N–H and O–H groups in total. The van der Waals surface area contributed by atoms with Gasteiger partial charge in [0.25, 0.3) is 0 Å². The fraction of sp³-hybridized carbons (Fsp3) is 0.800. The highest BCUT2D eigenvalue weighted by Crippen LogP contribution is 2.23. The van der Waals surface area contributed by atoms with Gasteiger partial charge in [-0.15, -0.1) is 0 Å². The van der Waals surface area contributed by atoms with Crippen LogP contribution in [0.2, 0.25) is 0 Å². The number of ether oxygens (including phenoxy) is 2. The summed E-state index contributed by atoms with van der Waals surface area (Å²) in [5.74, 6) is -1.52. The Balaban J connectivity index is 4.90. The Labute approximate surface area is 107 Å². The largest absolute Gasteiger partial charge is 0.467 e. The van der Waals surface area contributed by atoms with Gasteiger partial charge in [-0.25, -0.2) is 9.59 Å². The van der Waals surface area contributed by atoms with Crippen LogP contribution in [0.3, 0.4) is 0 Å². The molecule has 0 unspecified atom stereocenters. The lowest BCUT2D eigenvalue weighted by Crippen LogP contribution is -2.56. The Morgan fingerprint density at radius 1 is 1.21 bits per heavy atom. The number of halogens is 3. The van der Waals surface area contributed by atoms with Crippen molar-refractivity contribution in [2.75, 3.05) is 7.11 Å². The maximum atomic E-state index is 12.6. The second-order valence-corrected chi connectivity index (χ2v) is 4.63. The fourth-order valence-electron chi connectivity index (χ4n) is 1.03. The molecular weight excluding hydrogens is 271 g/mol. The lowest BCUT2D eigenvalue weighted by molar-refractivity contribution is -0.190. The Hall–Kier alpha value is -1.51. The number of alkyl halides is 3. The summed E-state index contributed by atoms with van der Waals surface area (Å²) in [7, 11) is 0.812. The molecule has 2 atom stereocenters. The van der Waals surface area contributed by atoms with Crippen LogP contribution >= 0.6 is 0 Å². The molecule has 19 heavy (non-hydrogen) atoms. The van der Waals surface area contributed by atoms with E-state index in [9.17, 15) is 27.9 Å². The topological polar surface area (TPSA) is 84.9 Å². The van der Waals surface area contributed by atoms with Crippen molar-refractivity contribution in [3.05, 3.63) is 0 Å². The van der Waals surface area contributed by atoms with E-state index in [1.807, 2.05) is 0 Å². The monoisotopic (exact) mass is 287 g/mol. The molecule has 0 aromatic heterocycles. The second-order valence-electron chi connectivity index (χ2n) is 4.63. The highest BCUT2D eigenvalue weighted by molar-refractivity contribution is 5.77. The van der Waals surface area contributed by atoms with Gasteiger partial charge in [-0.3, -0.25) is 0 Å². The summed E-state index contributed by atoms with van der Waals surface area (Å²) in [5.41, 5.74) is -1.02. The zero-order valence-corrected chi connectivity index (χ0v) is 10.9. The van der Waals surface area contributed by atoms with Crippen molar-refractivity contribution in [1.29, 1.82) is 0 Å². The first-order valence-electron chi connectivity index (χ1n) is 5.20. The molecule has 0 aliphatic rings. The Bertz CT molecular complexity index is 337. The molecule has 0 aliphatic heterocycles. The standard InChI is InChI=1S/C10H16F3NO5/c1-9(2,3)19-8(17)14-6(10(11,12)13)5(15)7(16)18-4/h5-6,15H,1-4H3,(H,14,17)/t5-,6-/m0/s1. The summed E-state index contributed by atoms with van der Waals surface area (Å²) in [6, 6.07) is -2.81. The quantitative estimate of drug-likeness (QED) is 0.756. The van der Waals surface area contributed by atoms with Crippen LogP contribution in [0.5, 0.6) is 0 Å². The van der Waals surface area contributed by atoms with E-state index in [2.05, 4.69) is 9.47 Å². The van der Waals surface area contributed by atoms with Crippen molar-refractivity contribution < 1.29 is 37.3 Å². The number of esters is 1. The number of carbonyl (C=O) groups excluding carboxylic acids is 2. The van der Waals surface area contributed by atoms with Crippen molar-refractivity contribution in [2.45, 2.75) is 44.7 Å². The number of hydrogen-bond donors (Lipinski definition) is 2. The van der Waals surface area contributed by atoms with Crippen LogP contribution < -0.4 is 5.32 Å². The predicted octanol–water partition coefficient (Wildman–Crippen LogP) is 0.976. The Morgan fingerprint density at radius 2 is 1.68 bits per heavy atom. The van der Waals surface area contributed by atoms with Gasteiger partial charge in [-0.1, -0.05) is 0 Å². The average molecular weight is 287 g/mol. The first-order chi connectivity index (χ1) is 8.38. The Morgan fingerprint density at radius 3 is 2.00 bits per heavy atom. The summed E-state index contributed by atoms with van der Waals surface area (Å²) < 4.78 is 46.5. The summed E-state index contributed by atoms with van der Waals surface area (Å²) >= 11 is 0. The number of alkyl carbamates (subject to hydrolysis) is 1. The second kappa shape index (κ2) is 6.09. The number of hydrogen-bond acceptors (Lipinski definition) is 5. The van der Waals surface area contributed by atoms with Gasteiger partial charge in [-0.05, 0) is 20.8 Å². The van der Waals surface area contributed by atoms with E-state index in [4.69, 9.17) is 0 Å². The lowest BCUT2D eigenvalue weighted by Gasteiger charge is -2.26. The van der Waals surface area contributed by atoms with Crippen molar-refractivity contribution in [2.24, 2.45) is 0 Å². The molecule has 9 heteroatoms. The number of methoxy groups -OCH3 is 1. The van der Waals surface area contributed by atoms with Crippen molar-refractivity contribution in [3.8, 4) is 0 Å². The fourth-order valence-corrected chi connectivity index (χ4v) is 1.03. The predicted molar refractivity (Wildman–Crippen MR) is 57.2 cm³/mol. The summed E-state index contributed by atoms with van der Waals surface area (Å²) in [5, 5.41) is 10.6. The van der Waals surface area contributed by atoms with E-state index in [-0.39, 0.29) is 0 Å². The molecule has 6 nitrogen and oxygen atoms in total. The zero-order valence-electron chi connectivity index (χ0n) is 10.9. The highest BCUT2D eigenvalue weighted by atomic mass is 19.4. The van der Waals surface area contributed by atoms with Gasteiger partial charge in [0.05, 0.1) is 7.11 Å². The number of amides is 1. The summed E-state index contributed by atoms with van der Waals surface area (Å²) in [4.78, 5) is 22.1. The van der Waals surface area contributed by atoms with Crippen LogP contribution in [0, 0.1) is 0 Å². The molecule has 0 radical (unpaired) electrons. The van der Waals surface area contributed by atoms with Crippen LogP contribution in [-0.4, -0.2) is 48.2 Å². The molecule has 0 rings (SSSR count). The Kier molecular flexibility index (Phi) is 5.61. The number of carbonyl (C=O) groups is 2. The van der Waals surface area contributed by atoms with Crippen molar-refractivity contribution in [3.63, 3.8) is 0 Å². The molecule has 0 saturated heterocycles. The number of aliphatic hydroxyl groups is 1. The van der Waals surface area contributed by atoms with Gasteiger partial charge in [0, 0.05) is 0 Å². The minimum absolute atomic E-state index is 0.812. The third-order valence-electron chi connectivity index (χ3n) is 1.78. The maximum Gasteiger partial charge on any atom is 0.411 e. The van der Waals surface area contributed by atoms with Gasteiger partial charge in [0.1, 0.15) is 5.60 Å². The number of rotatable bonds is 3. The molecular formula is C10H16F3NO5. The van der Waals surface area contributed by atoms with Gasteiger partial charge in [0.15, 0.2) is 12.1 Å². The van der Waals surface area contributed by atoms with Crippen molar-refractivity contribution in [1.82, 2.24) is 5.32 Å². The average Bonchev–Trinajstić information content (AvgIpc) is 2.19. The van der Waals surface area contributed by atoms with E-state index in [1.54, 1.807) is 0 Å². The normalized spacial score (nSPS) is 15.4. The molecule has 112 valence electrons. The van der Waals surface area contributed by atoms with Crippen LogP contribution in [0.15, 0.2) is 0 Å². The van der Waals surface area contributed by atoms with Crippen LogP contribution in [0.25, 0.3) is 0 Å². The van der Waals surface area contributed by atoms with Crippen LogP contribution in [0.4, 0.5) is 18.0 Å². The van der Waals surface area contributed by atoms with Gasteiger partial charge < -0.3 is 19.9 Å². The molecule has 0 heterocycles. The lowest BCUT2D eigenvalue weighted by atomic mass is 10.1. The highest BCUT2D eigenvalue weighted by Gasteiger charge is 2.49. The van der Waals surface area contributed by atoms with E-state index in [1.165, 1.54) is 26.1 Å². The zero-order chi connectivity index (χ0) is 15.4. The minimum Gasteiger partial charge on any atom is -0.467 e. The molecule has 0 spiro atoms. The van der Waals surface area contributed by atoms with E-state index in [0.717, 1.165) is 7.11 Å². The van der Waals surface area contributed by atoms with Crippen molar-refractivity contribution >= 4 is 12.1 Å². The minimum atomic E-state index is -5.04. The number of nitrogens with one attached hydrogen (secondary N) is 1. The van der Waals surface area contributed by atoms with E-state index >= 15 is 0 Å². The first-order valence-corrected chi connectivity index (χ1v) is 5.20. The number of aliphatic hydroxyl groups excluding tert-OH is 1. The smallest absolute Gasteiger partial charge is 0.411 e. The molecule has 0 aromatic rings. The van der Waals surface area contributed by atoms with Gasteiger partial charge in [-0.2, -0.15) is 13.2 Å². The summed E-state index contributed by atoms with van der Waals surface area (Å²) in [6.45, 7) is 4.35. The van der Waals surface area contributed by atoms with E-state index in [0.29, 0.717) is 0 Å². The molecule has 0 aromatic carbocycles. The van der Waals surface area contributed by atoms with Crippen LogP contribution in [0.1, 0.15) is 20.8 Å². The summed E-state index contributed by atoms with van der Waals surface area (Å²) in [6.07, 6.45) is -9.01. The van der Waals surface area contributed by atoms with Crippen LogP contribution in [-0.2, 0) is 14.3 Å². The van der Waals surface area contributed by atoms with E-state index < -0.39 is 36.0 Å². The molecule has 0 bridgehead atoms. The third kappa shape index (κ3) is 6.27. The SMILES string of the molecule is COC(=O)[C@@H](O)[C@H](NC(=O)OC(C)(C)C)C(F)(F)F. The first kappa shape index (κ1) is 17.5. The molecule has 0 fully saturated rings.